The topological polar surface area (TPSA) is 26.0 Å². The Hall–Kier alpha value is -0.890. The summed E-state index contributed by atoms with van der Waals surface area (Å²) in [6, 6.07) is 5.17. The van der Waals surface area contributed by atoms with Crippen LogP contribution in [-0.2, 0) is 6.42 Å². The summed E-state index contributed by atoms with van der Waals surface area (Å²) in [5.74, 6) is -0.132. The Morgan fingerprint density at radius 2 is 2.15 bits per heavy atom. The summed E-state index contributed by atoms with van der Waals surface area (Å²) in [5, 5.41) is 0. The summed E-state index contributed by atoms with van der Waals surface area (Å²) in [7, 11) is 0. The third-order valence-electron chi connectivity index (χ3n) is 2.73. The molecule has 2 N–H and O–H groups in total. The lowest BCUT2D eigenvalue weighted by Crippen LogP contribution is -2.12. The van der Waals surface area contributed by atoms with E-state index in [9.17, 15) is 4.39 Å². The quantitative estimate of drug-likeness (QED) is 0.608. The average molecular weight is 179 g/mol. The molecule has 0 radical (unpaired) electrons. The third-order valence-corrected chi connectivity index (χ3v) is 2.73. The van der Waals surface area contributed by atoms with Crippen molar-refractivity contribution in [2.24, 2.45) is 5.73 Å². The van der Waals surface area contributed by atoms with E-state index in [-0.39, 0.29) is 11.9 Å². The molecule has 0 saturated carbocycles. The van der Waals surface area contributed by atoms with Crippen LogP contribution in [0.2, 0.25) is 0 Å². The molecular formula is C11H14FN. The van der Waals surface area contributed by atoms with Gasteiger partial charge in [0.2, 0.25) is 0 Å². The molecule has 2 rings (SSSR count). The van der Waals surface area contributed by atoms with E-state index in [4.69, 9.17) is 5.73 Å². The normalized spacial score (nSPS) is 22.2. The van der Waals surface area contributed by atoms with Crippen LogP contribution in [0.25, 0.3) is 0 Å². The zero-order valence-corrected chi connectivity index (χ0v) is 7.59. The fourth-order valence-electron chi connectivity index (χ4n) is 2.04. The van der Waals surface area contributed by atoms with Crippen LogP contribution < -0.4 is 5.73 Å². The van der Waals surface area contributed by atoms with Crippen LogP contribution in [0.1, 0.15) is 36.4 Å². The Balaban J connectivity index is 2.48. The maximum atomic E-state index is 13.4. The Morgan fingerprint density at radius 1 is 1.31 bits per heavy atom. The van der Waals surface area contributed by atoms with Gasteiger partial charge in [0.15, 0.2) is 0 Å². The first-order chi connectivity index (χ1) is 6.29. The number of hydrogen-bond donors (Lipinski definition) is 1. The summed E-state index contributed by atoms with van der Waals surface area (Å²) < 4.78 is 13.4. The summed E-state index contributed by atoms with van der Waals surface area (Å²) in [5.41, 5.74) is 7.76. The van der Waals surface area contributed by atoms with Crippen LogP contribution in [0.15, 0.2) is 18.2 Å². The van der Waals surface area contributed by atoms with Crippen molar-refractivity contribution in [2.75, 3.05) is 0 Å². The minimum Gasteiger partial charge on any atom is -0.324 e. The molecule has 1 aromatic rings. The van der Waals surface area contributed by atoms with Crippen molar-refractivity contribution in [2.45, 2.75) is 31.7 Å². The molecule has 2 heteroatoms. The van der Waals surface area contributed by atoms with E-state index < -0.39 is 0 Å². The summed E-state index contributed by atoms with van der Waals surface area (Å²) >= 11 is 0. The molecule has 0 spiro atoms. The number of hydrogen-bond acceptors (Lipinski definition) is 1. The first kappa shape index (κ1) is 8.70. The molecule has 0 aliphatic heterocycles. The van der Waals surface area contributed by atoms with E-state index in [1.807, 2.05) is 6.07 Å². The van der Waals surface area contributed by atoms with Crippen molar-refractivity contribution >= 4 is 0 Å². The van der Waals surface area contributed by atoms with Gasteiger partial charge in [0.1, 0.15) is 5.82 Å². The number of rotatable bonds is 0. The Bertz CT molecular complexity index is 309. The van der Waals surface area contributed by atoms with E-state index in [0.717, 1.165) is 36.8 Å². The average Bonchev–Trinajstić information content (AvgIpc) is 2.29. The lowest BCUT2D eigenvalue weighted by atomic mass is 9.99. The maximum Gasteiger partial charge on any atom is 0.128 e. The highest BCUT2D eigenvalue weighted by Crippen LogP contribution is 2.28. The first-order valence-corrected chi connectivity index (χ1v) is 4.82. The standard InChI is InChI=1S/C11H14FN/c12-9-6-3-5-8-4-1-2-7-10(13)11(8)9/h3,5-6,10H,1-2,4,7,13H2. The van der Waals surface area contributed by atoms with Crippen molar-refractivity contribution in [3.05, 3.63) is 35.1 Å². The van der Waals surface area contributed by atoms with Gasteiger partial charge in [-0.1, -0.05) is 18.6 Å². The minimum absolute atomic E-state index is 0.0984. The number of aryl methyl sites for hydroxylation is 1. The molecule has 1 aromatic carbocycles. The molecule has 0 bridgehead atoms. The third kappa shape index (κ3) is 1.59. The molecule has 13 heavy (non-hydrogen) atoms. The lowest BCUT2D eigenvalue weighted by molar-refractivity contribution is 0.559. The fourth-order valence-corrected chi connectivity index (χ4v) is 2.04. The molecule has 70 valence electrons. The highest BCUT2D eigenvalue weighted by molar-refractivity contribution is 5.32. The van der Waals surface area contributed by atoms with Gasteiger partial charge >= 0.3 is 0 Å². The van der Waals surface area contributed by atoms with Crippen LogP contribution >= 0.6 is 0 Å². The molecule has 1 unspecified atom stereocenters. The number of nitrogens with two attached hydrogens (primary N) is 1. The zero-order valence-electron chi connectivity index (χ0n) is 7.59. The zero-order chi connectivity index (χ0) is 9.26. The molecule has 0 aromatic heterocycles. The van der Waals surface area contributed by atoms with Crippen molar-refractivity contribution < 1.29 is 4.39 Å². The van der Waals surface area contributed by atoms with Gasteiger partial charge in [-0.3, -0.25) is 0 Å². The van der Waals surface area contributed by atoms with Crippen molar-refractivity contribution in [1.82, 2.24) is 0 Å². The fraction of sp³-hybridized carbons (Fsp3) is 0.455. The van der Waals surface area contributed by atoms with Gasteiger partial charge in [-0.05, 0) is 30.9 Å². The van der Waals surface area contributed by atoms with E-state index in [1.165, 1.54) is 6.07 Å². The largest absolute Gasteiger partial charge is 0.324 e. The van der Waals surface area contributed by atoms with Gasteiger partial charge < -0.3 is 5.73 Å². The smallest absolute Gasteiger partial charge is 0.128 e. The Morgan fingerprint density at radius 3 is 3.00 bits per heavy atom. The minimum atomic E-state index is -0.132. The molecule has 1 nitrogen and oxygen atoms in total. The second kappa shape index (κ2) is 3.46. The van der Waals surface area contributed by atoms with Gasteiger partial charge in [-0.2, -0.15) is 0 Å². The van der Waals surface area contributed by atoms with Crippen LogP contribution in [0.4, 0.5) is 4.39 Å². The number of halogens is 1. The second-order valence-electron chi connectivity index (χ2n) is 3.66. The lowest BCUT2D eigenvalue weighted by Gasteiger charge is -2.12. The van der Waals surface area contributed by atoms with Gasteiger partial charge in [-0.15, -0.1) is 0 Å². The summed E-state index contributed by atoms with van der Waals surface area (Å²) in [6.45, 7) is 0. The molecule has 0 heterocycles. The Labute approximate surface area is 77.8 Å². The molecule has 1 aliphatic carbocycles. The van der Waals surface area contributed by atoms with Crippen molar-refractivity contribution in [3.8, 4) is 0 Å². The first-order valence-electron chi connectivity index (χ1n) is 4.82. The molecule has 0 fully saturated rings. The second-order valence-corrected chi connectivity index (χ2v) is 3.66. The van der Waals surface area contributed by atoms with Crippen LogP contribution in [-0.4, -0.2) is 0 Å². The highest BCUT2D eigenvalue weighted by atomic mass is 19.1. The van der Waals surface area contributed by atoms with E-state index >= 15 is 0 Å². The summed E-state index contributed by atoms with van der Waals surface area (Å²) in [6.07, 6.45) is 4.12. The highest BCUT2D eigenvalue weighted by Gasteiger charge is 2.18. The Kier molecular flexibility index (Phi) is 2.32. The SMILES string of the molecule is NC1CCCCc2cccc(F)c21. The molecule has 1 atom stereocenters. The van der Waals surface area contributed by atoms with E-state index in [0.29, 0.717) is 0 Å². The molecule has 0 amide bonds. The molecule has 1 aliphatic rings. The van der Waals surface area contributed by atoms with Crippen LogP contribution in [0.3, 0.4) is 0 Å². The van der Waals surface area contributed by atoms with Gasteiger partial charge in [-0.25, -0.2) is 4.39 Å². The van der Waals surface area contributed by atoms with Crippen LogP contribution in [0.5, 0.6) is 0 Å². The number of benzene rings is 1. The van der Waals surface area contributed by atoms with E-state index in [1.54, 1.807) is 6.07 Å². The van der Waals surface area contributed by atoms with Gasteiger partial charge in [0, 0.05) is 11.6 Å². The van der Waals surface area contributed by atoms with Crippen LogP contribution in [0, 0.1) is 5.82 Å². The van der Waals surface area contributed by atoms with E-state index in [2.05, 4.69) is 0 Å². The molecule has 0 saturated heterocycles. The summed E-state index contributed by atoms with van der Waals surface area (Å²) in [4.78, 5) is 0. The monoisotopic (exact) mass is 179 g/mol. The van der Waals surface area contributed by atoms with Crippen molar-refractivity contribution in [3.63, 3.8) is 0 Å². The van der Waals surface area contributed by atoms with Crippen molar-refractivity contribution in [1.29, 1.82) is 0 Å². The predicted octanol–water partition coefficient (Wildman–Crippen LogP) is 2.55. The van der Waals surface area contributed by atoms with Gasteiger partial charge in [0.25, 0.3) is 0 Å². The van der Waals surface area contributed by atoms with Gasteiger partial charge in [0.05, 0.1) is 0 Å². The predicted molar refractivity (Wildman–Crippen MR) is 50.9 cm³/mol. The maximum absolute atomic E-state index is 13.4. The number of fused-ring (bicyclic) bond motifs is 1. The molecular weight excluding hydrogens is 165 g/mol.